The van der Waals surface area contributed by atoms with Crippen LogP contribution >= 0.6 is 0 Å². The minimum Gasteiger partial charge on any atom is -0.496 e. The van der Waals surface area contributed by atoms with Gasteiger partial charge in [-0.05, 0) is 35.9 Å². The SMILES string of the molecule is COc1ccc(/C=N/Nn2cncn2)cc1CN1C(=O)c2ccccc2C1=O. The lowest BCUT2D eigenvalue weighted by molar-refractivity contribution is 0.0641. The molecule has 4 rings (SSSR count). The number of aromatic nitrogens is 3. The Morgan fingerprint density at radius 2 is 1.89 bits per heavy atom. The van der Waals surface area contributed by atoms with E-state index >= 15 is 0 Å². The summed E-state index contributed by atoms with van der Waals surface area (Å²) in [5, 5.41) is 7.95. The van der Waals surface area contributed by atoms with Crippen LogP contribution in [-0.4, -0.2) is 44.9 Å². The number of hydrogen-bond acceptors (Lipinski definition) is 7. The van der Waals surface area contributed by atoms with Gasteiger partial charge in [0.15, 0.2) is 0 Å². The first-order valence-corrected chi connectivity index (χ1v) is 8.43. The van der Waals surface area contributed by atoms with E-state index in [0.717, 1.165) is 5.56 Å². The van der Waals surface area contributed by atoms with E-state index in [1.54, 1.807) is 43.7 Å². The van der Waals surface area contributed by atoms with E-state index in [1.165, 1.54) is 22.3 Å². The molecule has 1 N–H and O–H groups in total. The van der Waals surface area contributed by atoms with Gasteiger partial charge in [0.1, 0.15) is 18.4 Å². The number of benzene rings is 2. The van der Waals surface area contributed by atoms with Crippen LogP contribution < -0.4 is 10.3 Å². The zero-order valence-electron chi connectivity index (χ0n) is 14.9. The highest BCUT2D eigenvalue weighted by molar-refractivity contribution is 6.21. The number of hydrazone groups is 1. The minimum absolute atomic E-state index is 0.105. The molecular weight excluding hydrogens is 360 g/mol. The molecule has 0 fully saturated rings. The van der Waals surface area contributed by atoms with Gasteiger partial charge in [-0.3, -0.25) is 14.5 Å². The van der Waals surface area contributed by atoms with E-state index in [0.29, 0.717) is 22.4 Å². The third-order valence-corrected chi connectivity index (χ3v) is 4.30. The number of fused-ring (bicyclic) bond motifs is 1. The van der Waals surface area contributed by atoms with E-state index < -0.39 is 0 Å². The van der Waals surface area contributed by atoms with Crippen molar-refractivity contribution >= 4 is 18.0 Å². The summed E-state index contributed by atoms with van der Waals surface area (Å²) >= 11 is 0. The highest BCUT2D eigenvalue weighted by Crippen LogP contribution is 2.27. The van der Waals surface area contributed by atoms with Crippen molar-refractivity contribution in [1.82, 2.24) is 19.8 Å². The van der Waals surface area contributed by atoms with Crippen LogP contribution in [0.25, 0.3) is 0 Å². The molecule has 0 spiro atoms. The molecular formula is C19H16N6O3. The largest absolute Gasteiger partial charge is 0.496 e. The van der Waals surface area contributed by atoms with E-state index in [2.05, 4.69) is 20.7 Å². The number of hydrogen-bond donors (Lipinski definition) is 1. The topological polar surface area (TPSA) is 102 Å². The lowest BCUT2D eigenvalue weighted by Gasteiger charge is -2.16. The molecule has 1 aliphatic rings. The highest BCUT2D eigenvalue weighted by Gasteiger charge is 2.35. The van der Waals surface area contributed by atoms with Crippen LogP contribution in [0.5, 0.6) is 5.75 Å². The van der Waals surface area contributed by atoms with Crippen LogP contribution in [0.1, 0.15) is 31.8 Å². The van der Waals surface area contributed by atoms with Crippen LogP contribution in [0.4, 0.5) is 0 Å². The normalized spacial score (nSPS) is 13.2. The predicted octanol–water partition coefficient (Wildman–Crippen LogP) is 1.66. The Hall–Kier alpha value is -4.01. The maximum absolute atomic E-state index is 12.6. The van der Waals surface area contributed by atoms with Gasteiger partial charge in [-0.25, -0.2) is 4.98 Å². The summed E-state index contributed by atoms with van der Waals surface area (Å²) in [5.41, 5.74) is 4.98. The molecule has 9 heteroatoms. The first-order chi connectivity index (χ1) is 13.7. The van der Waals surface area contributed by atoms with Crippen LogP contribution in [-0.2, 0) is 6.54 Å². The molecule has 2 amide bonds. The third kappa shape index (κ3) is 3.20. The van der Waals surface area contributed by atoms with Crippen molar-refractivity contribution in [3.8, 4) is 5.75 Å². The number of amides is 2. The number of carbonyl (C=O) groups excluding carboxylic acids is 2. The molecule has 140 valence electrons. The molecule has 0 bridgehead atoms. The fourth-order valence-electron chi connectivity index (χ4n) is 2.98. The van der Waals surface area contributed by atoms with Gasteiger partial charge in [0.25, 0.3) is 11.8 Å². The number of nitrogens with one attached hydrogen (secondary N) is 1. The number of carbonyl (C=O) groups is 2. The molecule has 9 nitrogen and oxygen atoms in total. The molecule has 0 saturated heterocycles. The summed E-state index contributed by atoms with van der Waals surface area (Å²) in [4.78, 5) is 31.6. The molecule has 2 aromatic carbocycles. The van der Waals surface area contributed by atoms with Gasteiger partial charge in [-0.15, -0.1) is 9.89 Å². The van der Waals surface area contributed by atoms with Crippen LogP contribution in [0.15, 0.2) is 60.2 Å². The maximum Gasteiger partial charge on any atom is 0.261 e. The Morgan fingerprint density at radius 1 is 1.14 bits per heavy atom. The summed E-state index contributed by atoms with van der Waals surface area (Å²) in [6.45, 7) is 0.105. The molecule has 1 aliphatic heterocycles. The number of nitrogens with zero attached hydrogens (tertiary/aromatic N) is 5. The summed E-state index contributed by atoms with van der Waals surface area (Å²) in [5.74, 6) is -0.0397. The zero-order valence-corrected chi connectivity index (χ0v) is 14.9. The second kappa shape index (κ2) is 7.31. The van der Waals surface area contributed by atoms with Gasteiger partial charge < -0.3 is 4.74 Å². The van der Waals surface area contributed by atoms with Crippen LogP contribution in [0.3, 0.4) is 0 Å². The summed E-state index contributed by atoms with van der Waals surface area (Å²) in [7, 11) is 1.54. The molecule has 3 aromatic rings. The van der Waals surface area contributed by atoms with Crippen molar-refractivity contribution in [2.45, 2.75) is 6.54 Å². The first-order valence-electron chi connectivity index (χ1n) is 8.43. The van der Waals surface area contributed by atoms with Crippen molar-refractivity contribution in [2.75, 3.05) is 12.6 Å². The maximum atomic E-state index is 12.6. The highest BCUT2D eigenvalue weighted by atomic mass is 16.5. The lowest BCUT2D eigenvalue weighted by Crippen LogP contribution is -2.29. The summed E-state index contributed by atoms with van der Waals surface area (Å²) in [6, 6.07) is 12.2. The number of ether oxygens (including phenoxy) is 1. The lowest BCUT2D eigenvalue weighted by atomic mass is 10.1. The van der Waals surface area contributed by atoms with Gasteiger partial charge in [-0.2, -0.15) is 10.6 Å². The Labute approximate surface area is 160 Å². The standard InChI is InChI=1S/C19H16N6O3/c1-28-17-7-6-13(9-21-23-25-12-20-11-22-25)8-14(17)10-24-18(26)15-4-2-3-5-16(15)19(24)27/h2-9,11-12,23H,10H2,1H3/b21-9+. The van der Waals surface area contributed by atoms with E-state index in [9.17, 15) is 9.59 Å². The fourth-order valence-corrected chi connectivity index (χ4v) is 2.98. The van der Waals surface area contributed by atoms with Crippen molar-refractivity contribution in [3.63, 3.8) is 0 Å². The molecule has 0 saturated carbocycles. The molecule has 0 unspecified atom stereocenters. The molecule has 28 heavy (non-hydrogen) atoms. The number of imide groups is 1. The van der Waals surface area contributed by atoms with E-state index in [1.807, 2.05) is 12.1 Å². The second-order valence-electron chi connectivity index (χ2n) is 6.01. The first kappa shape index (κ1) is 17.4. The molecule has 2 heterocycles. The van der Waals surface area contributed by atoms with E-state index in [4.69, 9.17) is 4.74 Å². The average molecular weight is 376 g/mol. The minimum atomic E-state index is -0.311. The molecule has 0 atom stereocenters. The van der Waals surface area contributed by atoms with Gasteiger partial charge in [0, 0.05) is 5.56 Å². The second-order valence-corrected chi connectivity index (χ2v) is 6.01. The molecule has 0 aliphatic carbocycles. The van der Waals surface area contributed by atoms with Crippen LogP contribution in [0, 0.1) is 0 Å². The molecule has 1 aromatic heterocycles. The Bertz CT molecular complexity index is 1030. The van der Waals surface area contributed by atoms with Gasteiger partial charge in [-0.1, -0.05) is 12.1 Å². The van der Waals surface area contributed by atoms with Crippen molar-refractivity contribution in [1.29, 1.82) is 0 Å². The zero-order chi connectivity index (χ0) is 19.5. The predicted molar refractivity (Wildman–Crippen MR) is 101 cm³/mol. The third-order valence-electron chi connectivity index (χ3n) is 4.30. The van der Waals surface area contributed by atoms with Crippen LogP contribution in [0.2, 0.25) is 0 Å². The fraction of sp³-hybridized carbons (Fsp3) is 0.105. The molecule has 0 radical (unpaired) electrons. The quantitative estimate of drug-likeness (QED) is 0.399. The Morgan fingerprint density at radius 3 is 2.54 bits per heavy atom. The Kier molecular flexibility index (Phi) is 4.55. The number of rotatable bonds is 6. The van der Waals surface area contributed by atoms with Gasteiger partial charge in [0.05, 0.1) is 31.0 Å². The Balaban J connectivity index is 1.56. The monoisotopic (exact) mass is 376 g/mol. The van der Waals surface area contributed by atoms with E-state index in [-0.39, 0.29) is 18.4 Å². The summed E-state index contributed by atoms with van der Waals surface area (Å²) in [6.07, 6.45) is 4.45. The van der Waals surface area contributed by atoms with Crippen molar-refractivity contribution < 1.29 is 14.3 Å². The van der Waals surface area contributed by atoms with Gasteiger partial charge >= 0.3 is 0 Å². The van der Waals surface area contributed by atoms with Gasteiger partial charge in [0.2, 0.25) is 0 Å². The van der Waals surface area contributed by atoms with Crippen molar-refractivity contribution in [3.05, 3.63) is 77.4 Å². The number of methoxy groups -OCH3 is 1. The average Bonchev–Trinajstić information content (AvgIpc) is 3.32. The summed E-state index contributed by atoms with van der Waals surface area (Å²) < 4.78 is 5.39. The van der Waals surface area contributed by atoms with Crippen molar-refractivity contribution in [2.24, 2.45) is 5.10 Å². The smallest absolute Gasteiger partial charge is 0.261 e.